The first kappa shape index (κ1) is 18.9. The Balaban J connectivity index is 1.46. The maximum atomic E-state index is 12.4. The van der Waals surface area contributed by atoms with E-state index < -0.39 is 5.97 Å². The summed E-state index contributed by atoms with van der Waals surface area (Å²) in [6, 6.07) is 7.38. The molecule has 1 atom stereocenters. The van der Waals surface area contributed by atoms with Crippen LogP contribution in [0.15, 0.2) is 24.3 Å². The molecule has 8 heteroatoms. The molecule has 1 aromatic heterocycles. The Morgan fingerprint density at radius 3 is 2.89 bits per heavy atom. The van der Waals surface area contributed by atoms with Gasteiger partial charge >= 0.3 is 5.97 Å². The normalized spacial score (nSPS) is 17.0. The van der Waals surface area contributed by atoms with E-state index in [0.717, 1.165) is 23.7 Å². The number of carboxylic acid groups (broad SMARTS) is 1. The van der Waals surface area contributed by atoms with Crippen LogP contribution < -0.4 is 5.32 Å². The third kappa shape index (κ3) is 4.84. The van der Waals surface area contributed by atoms with Crippen LogP contribution in [0.25, 0.3) is 10.9 Å². The summed E-state index contributed by atoms with van der Waals surface area (Å²) in [6.07, 6.45) is 2.81. The lowest BCUT2D eigenvalue weighted by Crippen LogP contribution is -2.41. The third-order valence-electron chi connectivity index (χ3n) is 4.95. The first-order valence-electron chi connectivity index (χ1n) is 9.25. The van der Waals surface area contributed by atoms with E-state index in [9.17, 15) is 14.4 Å². The van der Waals surface area contributed by atoms with Gasteiger partial charge in [0.25, 0.3) is 5.91 Å². The van der Waals surface area contributed by atoms with Gasteiger partial charge in [-0.15, -0.1) is 0 Å². The molecule has 0 saturated carbocycles. The summed E-state index contributed by atoms with van der Waals surface area (Å²) in [5.74, 6) is -0.878. The highest BCUT2D eigenvalue weighted by Crippen LogP contribution is 2.21. The third-order valence-corrected chi connectivity index (χ3v) is 4.95. The average Bonchev–Trinajstić information content (AvgIpc) is 3.10. The fourth-order valence-corrected chi connectivity index (χ4v) is 3.52. The van der Waals surface area contributed by atoms with Crippen LogP contribution in [0, 0.1) is 5.92 Å². The first-order valence-corrected chi connectivity index (χ1v) is 9.25. The molecule has 1 fully saturated rings. The van der Waals surface area contributed by atoms with Gasteiger partial charge in [-0.05, 0) is 31.2 Å². The van der Waals surface area contributed by atoms with E-state index >= 15 is 0 Å². The number of benzene rings is 1. The van der Waals surface area contributed by atoms with E-state index in [0.29, 0.717) is 25.2 Å². The second-order valence-corrected chi connectivity index (χ2v) is 6.90. The molecule has 1 aromatic carbocycles. The molecule has 27 heavy (non-hydrogen) atoms. The van der Waals surface area contributed by atoms with Gasteiger partial charge in [-0.1, -0.05) is 18.2 Å². The van der Waals surface area contributed by atoms with E-state index in [1.54, 1.807) is 4.90 Å². The van der Waals surface area contributed by atoms with Crippen molar-refractivity contribution >= 4 is 28.7 Å². The molecule has 1 saturated heterocycles. The minimum atomic E-state index is -0.799. The van der Waals surface area contributed by atoms with Crippen LogP contribution in [0.5, 0.6) is 0 Å². The number of H-pyrrole nitrogens is 1. The molecule has 8 nitrogen and oxygen atoms in total. The van der Waals surface area contributed by atoms with Gasteiger partial charge in [0, 0.05) is 37.9 Å². The number of likely N-dealkylation sites (tertiary alicyclic amines) is 1. The SMILES string of the molecule is O=C(O)CCC1CCCN(C(=O)CCNC(=O)c2n[nH]c3ccccc23)C1. The Kier molecular flexibility index (Phi) is 6.05. The molecule has 1 aliphatic heterocycles. The maximum Gasteiger partial charge on any atom is 0.303 e. The van der Waals surface area contributed by atoms with Crippen LogP contribution in [-0.2, 0) is 9.59 Å². The van der Waals surface area contributed by atoms with Gasteiger partial charge in [0.15, 0.2) is 5.69 Å². The van der Waals surface area contributed by atoms with Gasteiger partial charge < -0.3 is 15.3 Å². The van der Waals surface area contributed by atoms with E-state index in [1.165, 1.54) is 0 Å². The predicted octanol–water partition coefficient (Wildman–Crippen LogP) is 1.79. The van der Waals surface area contributed by atoms with Crippen LogP contribution in [0.2, 0.25) is 0 Å². The number of fused-ring (bicyclic) bond motifs is 1. The second-order valence-electron chi connectivity index (χ2n) is 6.90. The van der Waals surface area contributed by atoms with Gasteiger partial charge in [-0.25, -0.2) is 0 Å². The number of hydrogen-bond acceptors (Lipinski definition) is 4. The van der Waals surface area contributed by atoms with Crippen molar-refractivity contribution in [1.29, 1.82) is 0 Å². The summed E-state index contributed by atoms with van der Waals surface area (Å²) in [4.78, 5) is 37.2. The van der Waals surface area contributed by atoms with Crippen LogP contribution in [0.4, 0.5) is 0 Å². The number of carboxylic acids is 1. The first-order chi connectivity index (χ1) is 13.0. The molecule has 3 rings (SSSR count). The highest BCUT2D eigenvalue weighted by atomic mass is 16.4. The lowest BCUT2D eigenvalue weighted by Gasteiger charge is -2.32. The van der Waals surface area contributed by atoms with E-state index in [2.05, 4.69) is 15.5 Å². The molecule has 0 spiro atoms. The minimum Gasteiger partial charge on any atom is -0.481 e. The average molecular weight is 372 g/mol. The molecule has 144 valence electrons. The summed E-state index contributed by atoms with van der Waals surface area (Å²) < 4.78 is 0. The zero-order valence-electron chi connectivity index (χ0n) is 15.1. The highest BCUT2D eigenvalue weighted by molar-refractivity contribution is 6.04. The van der Waals surface area contributed by atoms with Crippen molar-refractivity contribution in [3.05, 3.63) is 30.0 Å². The Morgan fingerprint density at radius 2 is 2.07 bits per heavy atom. The number of aromatic nitrogens is 2. The van der Waals surface area contributed by atoms with Crippen molar-refractivity contribution in [1.82, 2.24) is 20.4 Å². The summed E-state index contributed by atoms with van der Waals surface area (Å²) in [5.41, 5.74) is 1.12. The van der Waals surface area contributed by atoms with Crippen molar-refractivity contribution in [2.45, 2.75) is 32.1 Å². The number of amides is 2. The van der Waals surface area contributed by atoms with E-state index in [-0.39, 0.29) is 37.1 Å². The standard InChI is InChI=1S/C19H24N4O4/c24-16(23-11-3-4-13(12-23)7-8-17(25)26)9-10-20-19(27)18-14-5-1-2-6-15(14)21-22-18/h1-2,5-6,13H,3-4,7-12H2,(H,20,27)(H,21,22)(H,25,26). The number of rotatable bonds is 7. The zero-order chi connectivity index (χ0) is 19.2. The van der Waals surface area contributed by atoms with E-state index in [4.69, 9.17) is 5.11 Å². The number of carbonyl (C=O) groups is 3. The van der Waals surface area contributed by atoms with Crippen molar-refractivity contribution in [2.24, 2.45) is 5.92 Å². The number of aliphatic carboxylic acids is 1. The van der Waals surface area contributed by atoms with E-state index in [1.807, 2.05) is 24.3 Å². The second kappa shape index (κ2) is 8.66. The molecule has 1 unspecified atom stereocenters. The fraction of sp³-hybridized carbons (Fsp3) is 0.474. The number of carbonyl (C=O) groups excluding carboxylic acids is 2. The molecule has 0 radical (unpaired) electrons. The molecule has 2 amide bonds. The number of nitrogens with one attached hydrogen (secondary N) is 2. The van der Waals surface area contributed by atoms with Gasteiger partial charge in [0.05, 0.1) is 5.52 Å². The largest absolute Gasteiger partial charge is 0.481 e. The summed E-state index contributed by atoms with van der Waals surface area (Å²) in [6.45, 7) is 1.54. The van der Waals surface area contributed by atoms with Gasteiger partial charge in [-0.2, -0.15) is 5.10 Å². The molecule has 2 aromatic rings. The quantitative estimate of drug-likeness (QED) is 0.685. The Morgan fingerprint density at radius 1 is 1.26 bits per heavy atom. The van der Waals surface area contributed by atoms with Crippen molar-refractivity contribution in [3.63, 3.8) is 0 Å². The van der Waals surface area contributed by atoms with Gasteiger partial charge in [0.1, 0.15) is 0 Å². The van der Waals surface area contributed by atoms with Crippen molar-refractivity contribution in [3.8, 4) is 0 Å². The van der Waals surface area contributed by atoms with Crippen LogP contribution >= 0.6 is 0 Å². The number of para-hydroxylation sites is 1. The van der Waals surface area contributed by atoms with Gasteiger partial charge in [0.2, 0.25) is 5.91 Å². The van der Waals surface area contributed by atoms with Gasteiger partial charge in [-0.3, -0.25) is 19.5 Å². The number of nitrogens with zero attached hydrogens (tertiary/aromatic N) is 2. The molecule has 0 aliphatic carbocycles. The summed E-state index contributed by atoms with van der Waals surface area (Å²) in [7, 11) is 0. The number of aromatic amines is 1. The smallest absolute Gasteiger partial charge is 0.303 e. The molecule has 1 aliphatic rings. The zero-order valence-corrected chi connectivity index (χ0v) is 15.1. The fourth-order valence-electron chi connectivity index (χ4n) is 3.52. The van der Waals surface area contributed by atoms with Crippen LogP contribution in [0.1, 0.15) is 42.6 Å². The van der Waals surface area contributed by atoms with Crippen molar-refractivity contribution < 1.29 is 19.5 Å². The molecular formula is C19H24N4O4. The Labute approximate surface area is 156 Å². The summed E-state index contributed by atoms with van der Waals surface area (Å²) >= 11 is 0. The molecule has 0 bridgehead atoms. The number of piperidine rings is 1. The van der Waals surface area contributed by atoms with Crippen LogP contribution in [-0.4, -0.2) is 57.6 Å². The highest BCUT2D eigenvalue weighted by Gasteiger charge is 2.24. The van der Waals surface area contributed by atoms with Crippen LogP contribution in [0.3, 0.4) is 0 Å². The molecule has 2 heterocycles. The monoisotopic (exact) mass is 372 g/mol. The predicted molar refractivity (Wildman–Crippen MR) is 99.2 cm³/mol. The summed E-state index contributed by atoms with van der Waals surface area (Å²) in [5, 5.41) is 19.2. The molecule has 3 N–H and O–H groups in total. The molecular weight excluding hydrogens is 348 g/mol. The Hall–Kier alpha value is -2.90. The number of hydrogen-bond donors (Lipinski definition) is 3. The Bertz CT molecular complexity index is 832. The topological polar surface area (TPSA) is 115 Å². The van der Waals surface area contributed by atoms with Crippen molar-refractivity contribution in [2.75, 3.05) is 19.6 Å². The lowest BCUT2D eigenvalue weighted by atomic mass is 9.93. The maximum absolute atomic E-state index is 12.4. The lowest BCUT2D eigenvalue weighted by molar-refractivity contribution is -0.137. The minimum absolute atomic E-state index is 0.0118.